The summed E-state index contributed by atoms with van der Waals surface area (Å²) >= 11 is 0. The van der Waals surface area contributed by atoms with Crippen molar-refractivity contribution in [2.75, 3.05) is 25.6 Å². The number of carbonyl (C=O) groups is 1. The first-order chi connectivity index (χ1) is 11.5. The van der Waals surface area contributed by atoms with Crippen molar-refractivity contribution >= 4 is 17.7 Å². The fraction of sp³-hybridized carbons (Fsp3) is 0.529. The van der Waals surface area contributed by atoms with Gasteiger partial charge in [0.1, 0.15) is 11.5 Å². The number of ether oxygens (including phenoxy) is 2. The Hall–Kier alpha value is -2.44. The van der Waals surface area contributed by atoms with E-state index >= 15 is 0 Å². The first-order valence-electron chi connectivity index (χ1n) is 8.30. The molecule has 0 saturated carbocycles. The monoisotopic (exact) mass is 336 g/mol. The lowest BCUT2D eigenvalue weighted by atomic mass is 10.0. The van der Waals surface area contributed by atoms with Crippen molar-refractivity contribution < 1.29 is 14.3 Å². The van der Waals surface area contributed by atoms with Gasteiger partial charge in [-0.1, -0.05) is 13.8 Å². The van der Waals surface area contributed by atoms with E-state index in [1.54, 1.807) is 7.05 Å². The Bertz CT molecular complexity index is 555. The predicted molar refractivity (Wildman–Crippen MR) is 96.5 cm³/mol. The molecule has 0 aliphatic rings. The molecule has 1 aromatic carbocycles. The lowest BCUT2D eigenvalue weighted by molar-refractivity contribution is 0.255. The molecule has 4 N–H and O–H groups in total. The average molecular weight is 336 g/mol. The second kappa shape index (κ2) is 9.64. The molecule has 0 aliphatic heterocycles. The first kappa shape index (κ1) is 19.6. The number of anilines is 1. The molecule has 0 bridgehead atoms. The number of benzene rings is 1. The standard InChI is InChI=1S/C17H28N4O3/c1-6-11-13(23-8-3)10-14(24-9-4)12(7-2)15(11)20-17(22)21-16(18)19-5/h10H,6-9H2,1-5H3,(H4,18,19,20,21,22). The van der Waals surface area contributed by atoms with E-state index in [9.17, 15) is 4.79 Å². The molecule has 7 heteroatoms. The topological polar surface area (TPSA) is 95.5 Å². The summed E-state index contributed by atoms with van der Waals surface area (Å²) in [5, 5.41) is 15.4. The molecule has 1 rings (SSSR count). The first-order valence-corrected chi connectivity index (χ1v) is 8.30. The number of hydrogen-bond acceptors (Lipinski definition) is 4. The van der Waals surface area contributed by atoms with Gasteiger partial charge in [-0.2, -0.15) is 0 Å². The summed E-state index contributed by atoms with van der Waals surface area (Å²) < 4.78 is 11.5. The fourth-order valence-electron chi connectivity index (χ4n) is 2.46. The Kier molecular flexibility index (Phi) is 7.88. The van der Waals surface area contributed by atoms with Crippen molar-refractivity contribution in [1.82, 2.24) is 10.6 Å². The van der Waals surface area contributed by atoms with Crippen LogP contribution in [0.1, 0.15) is 38.8 Å². The molecule has 134 valence electrons. The molecule has 0 atom stereocenters. The largest absolute Gasteiger partial charge is 0.493 e. The van der Waals surface area contributed by atoms with Crippen LogP contribution in [0.25, 0.3) is 0 Å². The van der Waals surface area contributed by atoms with Gasteiger partial charge in [0.05, 0.1) is 18.9 Å². The molecule has 1 aromatic rings. The summed E-state index contributed by atoms with van der Waals surface area (Å²) in [6, 6.07) is 1.42. The molecule has 0 aliphatic carbocycles. The van der Waals surface area contributed by atoms with Gasteiger partial charge in [0, 0.05) is 24.2 Å². The van der Waals surface area contributed by atoms with Gasteiger partial charge in [-0.15, -0.1) is 0 Å². The average Bonchev–Trinajstić information content (AvgIpc) is 2.55. The van der Waals surface area contributed by atoms with Gasteiger partial charge in [0.15, 0.2) is 5.96 Å². The van der Waals surface area contributed by atoms with Crippen LogP contribution in [0.4, 0.5) is 10.5 Å². The highest BCUT2D eigenvalue weighted by Gasteiger charge is 2.20. The van der Waals surface area contributed by atoms with Gasteiger partial charge in [-0.25, -0.2) is 4.79 Å². The maximum absolute atomic E-state index is 12.2. The van der Waals surface area contributed by atoms with E-state index in [0.717, 1.165) is 11.1 Å². The van der Waals surface area contributed by atoms with E-state index in [2.05, 4.69) is 16.0 Å². The van der Waals surface area contributed by atoms with Crippen molar-refractivity contribution in [3.05, 3.63) is 17.2 Å². The number of nitrogens with one attached hydrogen (secondary N) is 4. The smallest absolute Gasteiger partial charge is 0.326 e. The van der Waals surface area contributed by atoms with E-state index in [-0.39, 0.29) is 5.96 Å². The van der Waals surface area contributed by atoms with E-state index in [1.165, 1.54) is 0 Å². The summed E-state index contributed by atoms with van der Waals surface area (Å²) in [5.41, 5.74) is 2.53. The summed E-state index contributed by atoms with van der Waals surface area (Å²) in [5.74, 6) is 1.34. The van der Waals surface area contributed by atoms with Crippen molar-refractivity contribution in [3.8, 4) is 11.5 Å². The van der Waals surface area contributed by atoms with Gasteiger partial charge >= 0.3 is 6.03 Å². The number of rotatable bonds is 7. The number of urea groups is 1. The zero-order valence-electron chi connectivity index (χ0n) is 15.1. The van der Waals surface area contributed by atoms with Gasteiger partial charge in [0.2, 0.25) is 0 Å². The van der Waals surface area contributed by atoms with Crippen LogP contribution >= 0.6 is 0 Å². The summed E-state index contributed by atoms with van der Waals surface area (Å²) in [6.45, 7) is 8.91. The Labute approximate surface area is 143 Å². The van der Waals surface area contributed by atoms with E-state index in [1.807, 2.05) is 33.8 Å². The number of hydrogen-bond donors (Lipinski definition) is 4. The summed E-state index contributed by atoms with van der Waals surface area (Å²) in [7, 11) is 1.57. The fourth-order valence-corrected chi connectivity index (χ4v) is 2.46. The van der Waals surface area contributed by atoms with Crippen LogP contribution in [0.15, 0.2) is 6.07 Å². The van der Waals surface area contributed by atoms with Gasteiger partial charge in [-0.3, -0.25) is 10.7 Å². The highest BCUT2D eigenvalue weighted by Crippen LogP contribution is 2.38. The molecule has 0 spiro atoms. The minimum Gasteiger partial charge on any atom is -0.493 e. The van der Waals surface area contributed by atoms with Crippen molar-refractivity contribution in [3.63, 3.8) is 0 Å². The normalized spacial score (nSPS) is 10.0. The SMILES string of the molecule is CCOc1cc(OCC)c(CC)c(NC(=O)NC(=N)NC)c1CC. The second-order valence-electron chi connectivity index (χ2n) is 4.98. The number of guanidine groups is 1. The Morgan fingerprint density at radius 2 is 1.54 bits per heavy atom. The molecule has 2 amide bonds. The van der Waals surface area contributed by atoms with Gasteiger partial charge < -0.3 is 20.1 Å². The summed E-state index contributed by atoms with van der Waals surface area (Å²) in [4.78, 5) is 12.2. The Morgan fingerprint density at radius 3 is 1.92 bits per heavy atom. The Balaban J connectivity index is 3.35. The minimum absolute atomic E-state index is 0.0745. The molecule has 0 saturated heterocycles. The maximum atomic E-state index is 12.2. The van der Waals surface area contributed by atoms with E-state index in [0.29, 0.717) is 43.2 Å². The van der Waals surface area contributed by atoms with Crippen LogP contribution in [0.5, 0.6) is 11.5 Å². The van der Waals surface area contributed by atoms with Crippen molar-refractivity contribution in [2.24, 2.45) is 0 Å². The molecule has 0 heterocycles. The van der Waals surface area contributed by atoms with E-state index < -0.39 is 6.03 Å². The van der Waals surface area contributed by atoms with Crippen LogP contribution in [-0.2, 0) is 12.8 Å². The van der Waals surface area contributed by atoms with E-state index in [4.69, 9.17) is 14.9 Å². The van der Waals surface area contributed by atoms with Gasteiger partial charge in [-0.05, 0) is 26.7 Å². The van der Waals surface area contributed by atoms with Crippen LogP contribution in [0, 0.1) is 5.41 Å². The molecule has 0 unspecified atom stereocenters. The zero-order chi connectivity index (χ0) is 18.1. The zero-order valence-corrected chi connectivity index (χ0v) is 15.1. The molecule has 7 nitrogen and oxygen atoms in total. The van der Waals surface area contributed by atoms with Gasteiger partial charge in [0.25, 0.3) is 0 Å². The highest BCUT2D eigenvalue weighted by atomic mass is 16.5. The van der Waals surface area contributed by atoms with Crippen LogP contribution in [0.2, 0.25) is 0 Å². The maximum Gasteiger partial charge on any atom is 0.326 e. The van der Waals surface area contributed by atoms with Crippen molar-refractivity contribution in [1.29, 1.82) is 5.41 Å². The van der Waals surface area contributed by atoms with Crippen LogP contribution < -0.4 is 25.4 Å². The molecular formula is C17H28N4O3. The summed E-state index contributed by atoms with van der Waals surface area (Å²) in [6.07, 6.45) is 1.40. The lowest BCUT2D eigenvalue weighted by Crippen LogP contribution is -2.41. The molecule has 0 fully saturated rings. The highest BCUT2D eigenvalue weighted by molar-refractivity contribution is 6.02. The molecule has 0 radical (unpaired) electrons. The predicted octanol–water partition coefficient (Wildman–Crippen LogP) is 2.88. The number of carbonyl (C=O) groups excluding carboxylic acids is 1. The second-order valence-corrected chi connectivity index (χ2v) is 4.98. The quantitative estimate of drug-likeness (QED) is 0.455. The third-order valence-corrected chi connectivity index (χ3v) is 3.49. The molecule has 24 heavy (non-hydrogen) atoms. The third-order valence-electron chi connectivity index (χ3n) is 3.49. The van der Waals surface area contributed by atoms with Crippen LogP contribution in [-0.4, -0.2) is 32.3 Å². The molecular weight excluding hydrogens is 308 g/mol. The van der Waals surface area contributed by atoms with Crippen LogP contribution in [0.3, 0.4) is 0 Å². The number of amides is 2. The third kappa shape index (κ3) is 4.78. The van der Waals surface area contributed by atoms with Crippen molar-refractivity contribution in [2.45, 2.75) is 40.5 Å². The Morgan fingerprint density at radius 1 is 1.04 bits per heavy atom. The lowest BCUT2D eigenvalue weighted by Gasteiger charge is -2.21. The minimum atomic E-state index is -0.477. The molecule has 0 aromatic heterocycles.